The number of carbonyl (C=O) groups excluding carboxylic acids is 1. The number of rotatable bonds is 4. The summed E-state index contributed by atoms with van der Waals surface area (Å²) in [5, 5.41) is 8.26. The van der Waals surface area contributed by atoms with E-state index in [-0.39, 0.29) is 5.56 Å². The molecule has 0 aliphatic rings. The van der Waals surface area contributed by atoms with Gasteiger partial charge in [0.1, 0.15) is 0 Å². The van der Waals surface area contributed by atoms with Crippen molar-refractivity contribution in [3.05, 3.63) is 96.8 Å². The average molecular weight is 419 g/mol. The Kier molecular flexibility index (Phi) is 6.91. The van der Waals surface area contributed by atoms with Crippen molar-refractivity contribution >= 4 is 22.8 Å². The summed E-state index contributed by atoms with van der Waals surface area (Å²) >= 11 is 5.33. The van der Waals surface area contributed by atoms with Crippen LogP contribution in [0.1, 0.15) is 20.7 Å². The molecule has 0 unspecified atom stereocenters. The normalized spacial score (nSPS) is 9.90. The minimum Gasteiger partial charge on any atom is -0.478 e. The molecule has 4 rings (SSSR count). The molecule has 0 radical (unpaired) electrons. The molecular formula is C22H15ClN4O3. The fraction of sp³-hybridized carbons (Fsp3) is 0. The van der Waals surface area contributed by atoms with Crippen LogP contribution in [0.15, 0.2) is 85.7 Å². The van der Waals surface area contributed by atoms with E-state index in [1.165, 1.54) is 0 Å². The van der Waals surface area contributed by atoms with Gasteiger partial charge in [-0.15, -0.1) is 0 Å². The largest absolute Gasteiger partial charge is 0.478 e. The summed E-state index contributed by atoms with van der Waals surface area (Å²) in [4.78, 5) is 37.6. The molecule has 8 heteroatoms. The van der Waals surface area contributed by atoms with E-state index in [4.69, 9.17) is 16.7 Å². The predicted octanol–water partition coefficient (Wildman–Crippen LogP) is 4.36. The third-order valence-electron chi connectivity index (χ3n) is 3.96. The molecule has 2 heterocycles. The molecule has 0 spiro atoms. The van der Waals surface area contributed by atoms with E-state index < -0.39 is 11.2 Å². The van der Waals surface area contributed by atoms with E-state index in [1.54, 1.807) is 85.7 Å². The molecular weight excluding hydrogens is 404 g/mol. The molecule has 148 valence electrons. The van der Waals surface area contributed by atoms with Crippen molar-refractivity contribution in [1.29, 1.82) is 0 Å². The average Bonchev–Trinajstić information content (AvgIpc) is 2.81. The Hall–Kier alpha value is -3.97. The minimum atomic E-state index is -0.930. The zero-order valence-electron chi connectivity index (χ0n) is 15.5. The van der Waals surface area contributed by atoms with Crippen LogP contribution >= 0.6 is 11.6 Å². The smallest absolute Gasteiger partial charge is 0.335 e. The van der Waals surface area contributed by atoms with Crippen LogP contribution in [0.4, 0.5) is 0 Å². The van der Waals surface area contributed by atoms with Gasteiger partial charge < -0.3 is 5.11 Å². The van der Waals surface area contributed by atoms with Gasteiger partial charge in [-0.2, -0.15) is 0 Å². The van der Waals surface area contributed by atoms with Crippen molar-refractivity contribution in [1.82, 2.24) is 19.9 Å². The van der Waals surface area contributed by atoms with Crippen LogP contribution in [-0.2, 0) is 0 Å². The van der Waals surface area contributed by atoms with E-state index in [0.717, 1.165) is 22.5 Å². The zero-order chi connectivity index (χ0) is 21.3. The Labute approximate surface area is 177 Å². The number of carbonyl (C=O) groups is 2. The molecule has 30 heavy (non-hydrogen) atoms. The number of aromatic nitrogens is 4. The van der Waals surface area contributed by atoms with Crippen LogP contribution in [0.5, 0.6) is 0 Å². The molecule has 0 atom stereocenters. The van der Waals surface area contributed by atoms with Crippen molar-refractivity contribution in [3.8, 4) is 22.5 Å². The van der Waals surface area contributed by atoms with Crippen LogP contribution in [0.3, 0.4) is 0 Å². The minimum absolute atomic E-state index is 0.266. The van der Waals surface area contributed by atoms with Gasteiger partial charge in [-0.1, -0.05) is 24.3 Å². The molecule has 0 amide bonds. The quantitative estimate of drug-likeness (QED) is 0.490. The van der Waals surface area contributed by atoms with Gasteiger partial charge >= 0.3 is 5.97 Å². The summed E-state index contributed by atoms with van der Waals surface area (Å²) in [6, 6.07) is 13.4. The molecule has 4 aromatic rings. The fourth-order valence-corrected chi connectivity index (χ4v) is 2.58. The topological polar surface area (TPSA) is 106 Å². The Morgan fingerprint density at radius 3 is 1.43 bits per heavy atom. The molecule has 0 bridgehead atoms. The van der Waals surface area contributed by atoms with E-state index in [1.807, 2.05) is 0 Å². The molecule has 0 fully saturated rings. The molecule has 0 aliphatic heterocycles. The second-order valence-electron chi connectivity index (χ2n) is 5.91. The summed E-state index contributed by atoms with van der Waals surface area (Å²) in [5.41, 5.74) is 4.00. The molecule has 7 nitrogen and oxygen atoms in total. The van der Waals surface area contributed by atoms with Crippen LogP contribution in [-0.4, -0.2) is 36.3 Å². The van der Waals surface area contributed by atoms with Gasteiger partial charge in [0.15, 0.2) is 0 Å². The standard InChI is InChI=1S/C11H7ClN2O.C11H8N2O2/c12-11(15)9-3-1-8(2-4-9)10-7-13-5-6-14-10;14-11(15)9-3-1-8(2-4-9)10-7-12-5-6-13-10/h1-7H;1-7H,(H,14,15). The summed E-state index contributed by atoms with van der Waals surface area (Å²) in [6.45, 7) is 0. The lowest BCUT2D eigenvalue weighted by molar-refractivity contribution is 0.0696. The number of nitrogens with zero attached hydrogens (tertiary/aromatic N) is 4. The maximum absolute atomic E-state index is 10.8. The fourth-order valence-electron chi connectivity index (χ4n) is 2.45. The lowest BCUT2D eigenvalue weighted by Gasteiger charge is -1.99. The Balaban J connectivity index is 0.000000171. The first-order chi connectivity index (χ1) is 14.5. The molecule has 0 aliphatic carbocycles. The highest BCUT2D eigenvalue weighted by atomic mass is 35.5. The Morgan fingerprint density at radius 2 is 1.10 bits per heavy atom. The third kappa shape index (κ3) is 5.52. The maximum Gasteiger partial charge on any atom is 0.335 e. The highest BCUT2D eigenvalue weighted by Gasteiger charge is 2.04. The Morgan fingerprint density at radius 1 is 0.667 bits per heavy atom. The number of aromatic carboxylic acids is 1. The number of carboxylic acids is 1. The first-order valence-corrected chi connectivity index (χ1v) is 9.08. The molecule has 0 saturated carbocycles. The van der Waals surface area contributed by atoms with Crippen LogP contribution < -0.4 is 0 Å². The van der Waals surface area contributed by atoms with Crippen molar-refractivity contribution in [3.63, 3.8) is 0 Å². The monoisotopic (exact) mass is 418 g/mol. The third-order valence-corrected chi connectivity index (χ3v) is 4.18. The predicted molar refractivity (Wildman–Crippen MR) is 112 cm³/mol. The van der Waals surface area contributed by atoms with E-state index in [2.05, 4.69) is 19.9 Å². The van der Waals surface area contributed by atoms with Crippen LogP contribution in [0, 0.1) is 0 Å². The summed E-state index contributed by atoms with van der Waals surface area (Å²) in [7, 11) is 0. The van der Waals surface area contributed by atoms with Crippen molar-refractivity contribution < 1.29 is 14.7 Å². The zero-order valence-corrected chi connectivity index (χ0v) is 16.3. The van der Waals surface area contributed by atoms with E-state index in [0.29, 0.717) is 5.56 Å². The Bertz CT molecular complexity index is 1030. The van der Waals surface area contributed by atoms with Gasteiger partial charge in [0.25, 0.3) is 5.24 Å². The first kappa shape index (κ1) is 20.8. The molecule has 0 saturated heterocycles. The van der Waals surface area contributed by atoms with Gasteiger partial charge in [0.05, 0.1) is 29.3 Å². The first-order valence-electron chi connectivity index (χ1n) is 8.70. The number of hydrogen-bond donors (Lipinski definition) is 1. The van der Waals surface area contributed by atoms with Crippen molar-refractivity contribution in [2.45, 2.75) is 0 Å². The van der Waals surface area contributed by atoms with Gasteiger partial charge in [-0.25, -0.2) is 4.79 Å². The molecule has 2 aromatic heterocycles. The van der Waals surface area contributed by atoms with Gasteiger partial charge in [-0.05, 0) is 35.9 Å². The number of hydrogen-bond acceptors (Lipinski definition) is 6. The van der Waals surface area contributed by atoms with Crippen LogP contribution in [0.25, 0.3) is 22.5 Å². The number of halogens is 1. The lowest BCUT2D eigenvalue weighted by Crippen LogP contribution is -1.95. The molecule has 2 aromatic carbocycles. The lowest BCUT2D eigenvalue weighted by atomic mass is 10.1. The number of carboxylic acid groups (broad SMARTS) is 1. The van der Waals surface area contributed by atoms with E-state index in [9.17, 15) is 9.59 Å². The SMILES string of the molecule is O=C(Cl)c1ccc(-c2cnccn2)cc1.O=C(O)c1ccc(-c2cnccn2)cc1. The second-order valence-corrected chi connectivity index (χ2v) is 6.26. The van der Waals surface area contributed by atoms with Crippen molar-refractivity contribution in [2.75, 3.05) is 0 Å². The maximum atomic E-state index is 10.8. The van der Waals surface area contributed by atoms with Gasteiger partial charge in [0.2, 0.25) is 0 Å². The highest BCUT2D eigenvalue weighted by Crippen LogP contribution is 2.17. The second kappa shape index (κ2) is 9.99. The summed E-state index contributed by atoms with van der Waals surface area (Å²) < 4.78 is 0. The van der Waals surface area contributed by atoms with Gasteiger partial charge in [-0.3, -0.25) is 24.7 Å². The summed E-state index contributed by atoms with van der Waals surface area (Å²) in [5.74, 6) is -0.930. The van der Waals surface area contributed by atoms with E-state index >= 15 is 0 Å². The van der Waals surface area contributed by atoms with Crippen LogP contribution in [0.2, 0.25) is 0 Å². The number of benzene rings is 2. The summed E-state index contributed by atoms with van der Waals surface area (Å²) in [6.07, 6.45) is 9.72. The van der Waals surface area contributed by atoms with Crippen molar-refractivity contribution in [2.24, 2.45) is 0 Å². The highest BCUT2D eigenvalue weighted by molar-refractivity contribution is 6.67. The molecule has 1 N–H and O–H groups in total. The van der Waals surface area contributed by atoms with Gasteiger partial charge in [0, 0.05) is 41.5 Å².